The maximum absolute atomic E-state index is 13.7. The fourth-order valence-electron chi connectivity index (χ4n) is 4.55. The number of quaternary nitrogens is 1. The van der Waals surface area contributed by atoms with Gasteiger partial charge in [0.2, 0.25) is 5.78 Å². The van der Waals surface area contributed by atoms with Gasteiger partial charge in [-0.3, -0.25) is 14.6 Å². The Morgan fingerprint density at radius 2 is 1.91 bits per heavy atom. The zero-order chi connectivity index (χ0) is 24.9. The predicted octanol–water partition coefficient (Wildman–Crippen LogP) is 0.564. The largest absolute Gasteiger partial charge is 0.872 e. The number of morpholine rings is 1. The first-order valence-electron chi connectivity index (χ1n) is 12.2. The van der Waals surface area contributed by atoms with Crippen LogP contribution < -0.4 is 14.7 Å². The average molecular weight is 480 g/mol. The molecule has 1 amide bonds. The second-order valence-corrected chi connectivity index (χ2v) is 9.55. The summed E-state index contributed by atoms with van der Waals surface area (Å²) in [6, 6.07) is 7.93. The van der Waals surface area contributed by atoms with Crippen molar-refractivity contribution in [2.75, 3.05) is 46.0 Å². The molecule has 0 spiro atoms. The lowest BCUT2D eigenvalue weighted by atomic mass is 9.95. The van der Waals surface area contributed by atoms with Crippen molar-refractivity contribution >= 4 is 17.4 Å². The fourth-order valence-corrected chi connectivity index (χ4v) is 4.55. The van der Waals surface area contributed by atoms with Gasteiger partial charge < -0.3 is 24.4 Å². The Labute approximate surface area is 206 Å². The Bertz CT molecular complexity index is 1090. The minimum absolute atomic E-state index is 0.00609. The van der Waals surface area contributed by atoms with E-state index in [0.29, 0.717) is 55.7 Å². The highest BCUT2D eigenvalue weighted by Crippen LogP contribution is 2.38. The zero-order valence-electron chi connectivity index (χ0n) is 20.6. The Morgan fingerprint density at radius 3 is 2.57 bits per heavy atom. The van der Waals surface area contributed by atoms with E-state index in [4.69, 9.17) is 9.47 Å². The molecule has 1 aromatic heterocycles. The first kappa shape index (κ1) is 24.9. The second-order valence-electron chi connectivity index (χ2n) is 9.55. The Morgan fingerprint density at radius 1 is 1.20 bits per heavy atom. The molecule has 0 saturated carbocycles. The van der Waals surface area contributed by atoms with Gasteiger partial charge in [-0.25, -0.2) is 0 Å². The normalized spacial score (nSPS) is 20.6. The summed E-state index contributed by atoms with van der Waals surface area (Å²) in [5, 5.41) is 13.7. The molecule has 2 aliphatic rings. The van der Waals surface area contributed by atoms with Crippen LogP contribution in [0.2, 0.25) is 0 Å². The molecule has 35 heavy (non-hydrogen) atoms. The van der Waals surface area contributed by atoms with E-state index in [0.717, 1.165) is 18.7 Å². The molecule has 0 bridgehead atoms. The number of Topliss-reactive ketones (excluding diaryl/α,β-unsaturated/α-hetero) is 1. The monoisotopic (exact) mass is 479 g/mol. The van der Waals surface area contributed by atoms with E-state index in [1.165, 1.54) is 4.90 Å². The molecule has 4 rings (SSSR count). The summed E-state index contributed by atoms with van der Waals surface area (Å²) < 4.78 is 11.3. The number of aryl methyl sites for hydroxylation is 1. The van der Waals surface area contributed by atoms with E-state index < -0.39 is 23.5 Å². The highest BCUT2D eigenvalue weighted by molar-refractivity contribution is 6.46. The van der Waals surface area contributed by atoms with Crippen LogP contribution in [0, 0.1) is 12.8 Å². The van der Waals surface area contributed by atoms with Gasteiger partial charge in [0.1, 0.15) is 18.8 Å². The van der Waals surface area contributed by atoms with Crippen LogP contribution in [-0.2, 0) is 14.3 Å². The van der Waals surface area contributed by atoms with E-state index in [-0.39, 0.29) is 5.57 Å². The second kappa shape index (κ2) is 11.0. The number of carbonyl (C=O) groups excluding carboxylic acids is 2. The smallest absolute Gasteiger partial charge is 0.295 e. The zero-order valence-corrected chi connectivity index (χ0v) is 20.6. The first-order valence-corrected chi connectivity index (χ1v) is 12.2. The highest BCUT2D eigenvalue weighted by atomic mass is 16.5. The van der Waals surface area contributed by atoms with Gasteiger partial charge in [-0.05, 0) is 53.8 Å². The summed E-state index contributed by atoms with van der Waals surface area (Å²) in [5.41, 5.74) is 1.87. The molecule has 0 radical (unpaired) electrons. The summed E-state index contributed by atoms with van der Waals surface area (Å²) in [7, 11) is 0. The lowest BCUT2D eigenvalue weighted by Crippen LogP contribution is -3.14. The molecule has 8 nitrogen and oxygen atoms in total. The van der Waals surface area contributed by atoms with Gasteiger partial charge in [-0.1, -0.05) is 25.7 Å². The number of ether oxygens (including phenoxy) is 2. The minimum atomic E-state index is -0.733. The van der Waals surface area contributed by atoms with Crippen molar-refractivity contribution in [3.63, 3.8) is 0 Å². The highest BCUT2D eigenvalue weighted by Gasteiger charge is 2.44. The van der Waals surface area contributed by atoms with E-state index in [1.54, 1.807) is 47.6 Å². The van der Waals surface area contributed by atoms with E-state index >= 15 is 0 Å². The van der Waals surface area contributed by atoms with Crippen molar-refractivity contribution in [1.29, 1.82) is 0 Å². The number of aromatic nitrogens is 1. The molecular formula is C27H33N3O5. The third kappa shape index (κ3) is 5.55. The predicted molar refractivity (Wildman–Crippen MR) is 129 cm³/mol. The number of likely N-dealkylation sites (tertiary alicyclic amines) is 1. The maximum atomic E-state index is 13.7. The van der Waals surface area contributed by atoms with Crippen molar-refractivity contribution in [2.24, 2.45) is 5.92 Å². The Hall–Kier alpha value is -3.23. The van der Waals surface area contributed by atoms with Crippen LogP contribution >= 0.6 is 0 Å². The van der Waals surface area contributed by atoms with Crippen LogP contribution in [-0.4, -0.2) is 67.6 Å². The first-order chi connectivity index (χ1) is 16.9. The molecule has 3 heterocycles. The number of hydrogen-bond donors (Lipinski definition) is 1. The lowest BCUT2D eigenvalue weighted by Gasteiger charge is -2.30. The van der Waals surface area contributed by atoms with E-state index in [9.17, 15) is 14.7 Å². The fraction of sp³-hybridized carbons (Fsp3) is 0.444. The Balaban J connectivity index is 1.67. The van der Waals surface area contributed by atoms with Crippen LogP contribution in [0.25, 0.3) is 5.76 Å². The van der Waals surface area contributed by atoms with Crippen molar-refractivity contribution in [3.05, 3.63) is 65.0 Å². The molecule has 2 fully saturated rings. The number of nitrogens with zero attached hydrogens (tertiary/aromatic N) is 2. The van der Waals surface area contributed by atoms with Crippen LogP contribution in [0.3, 0.4) is 0 Å². The molecule has 1 N–H and O–H groups in total. The van der Waals surface area contributed by atoms with Crippen LogP contribution in [0.4, 0.5) is 0 Å². The molecule has 0 aliphatic carbocycles. The van der Waals surface area contributed by atoms with Crippen LogP contribution in [0.5, 0.6) is 5.75 Å². The molecule has 2 aromatic rings. The van der Waals surface area contributed by atoms with E-state index in [2.05, 4.69) is 18.8 Å². The van der Waals surface area contributed by atoms with Crippen molar-refractivity contribution in [3.8, 4) is 5.75 Å². The molecule has 1 atom stereocenters. The third-order valence-electron chi connectivity index (χ3n) is 6.47. The van der Waals surface area contributed by atoms with Gasteiger partial charge in [0.15, 0.2) is 0 Å². The van der Waals surface area contributed by atoms with Crippen LogP contribution in [0.1, 0.15) is 36.6 Å². The number of amides is 1. The SMILES string of the molecule is Cc1cc(/C([O-])=C2\C(=O)C(=O)N(CC[NH+]3CCOCC3)C2c2ccncc2)ccc1OCC(C)C. The third-order valence-corrected chi connectivity index (χ3v) is 6.47. The molecule has 1 aromatic carbocycles. The average Bonchev–Trinajstić information content (AvgIpc) is 3.12. The molecule has 2 aliphatic heterocycles. The summed E-state index contributed by atoms with van der Waals surface area (Å²) in [4.78, 5) is 33.2. The number of pyridine rings is 1. The number of nitrogens with one attached hydrogen (secondary N) is 1. The standard InChI is InChI=1S/C27H33N3O5/c1-18(2)17-35-22-5-4-21(16-19(22)3)25(31)23-24(20-6-8-28-9-7-20)30(27(33)26(23)32)11-10-29-12-14-34-15-13-29/h4-9,16,18,24,31H,10-15,17H2,1-3H3/b25-23+. The van der Waals surface area contributed by atoms with Gasteiger partial charge in [0, 0.05) is 18.0 Å². The number of carbonyl (C=O) groups is 2. The number of benzene rings is 1. The lowest BCUT2D eigenvalue weighted by molar-refractivity contribution is -0.907. The molecule has 186 valence electrons. The molecule has 8 heteroatoms. The number of rotatable bonds is 8. The van der Waals surface area contributed by atoms with Gasteiger partial charge in [0.05, 0.1) is 39.0 Å². The molecular weight excluding hydrogens is 446 g/mol. The summed E-state index contributed by atoms with van der Waals surface area (Å²) >= 11 is 0. The Kier molecular flexibility index (Phi) is 7.83. The molecule has 2 saturated heterocycles. The number of ketones is 1. The molecule has 1 unspecified atom stereocenters. The van der Waals surface area contributed by atoms with Crippen molar-refractivity contribution in [2.45, 2.75) is 26.8 Å². The quantitative estimate of drug-likeness (QED) is 0.338. The van der Waals surface area contributed by atoms with Gasteiger partial charge in [0.25, 0.3) is 5.91 Å². The topological polar surface area (TPSA) is 96.2 Å². The summed E-state index contributed by atoms with van der Waals surface area (Å²) in [6.07, 6.45) is 3.22. The van der Waals surface area contributed by atoms with Gasteiger partial charge in [-0.15, -0.1) is 0 Å². The summed E-state index contributed by atoms with van der Waals surface area (Å²) in [5.74, 6) is -0.706. The van der Waals surface area contributed by atoms with E-state index in [1.807, 2.05) is 6.92 Å². The van der Waals surface area contributed by atoms with Gasteiger partial charge >= 0.3 is 0 Å². The number of hydrogen-bond acceptors (Lipinski definition) is 6. The van der Waals surface area contributed by atoms with Crippen LogP contribution in [0.15, 0.2) is 48.3 Å². The maximum Gasteiger partial charge on any atom is 0.295 e. The summed E-state index contributed by atoms with van der Waals surface area (Å²) in [6.45, 7) is 10.7. The minimum Gasteiger partial charge on any atom is -0.872 e. The van der Waals surface area contributed by atoms with Crippen molar-refractivity contribution < 1.29 is 29.1 Å². The van der Waals surface area contributed by atoms with Crippen molar-refractivity contribution in [1.82, 2.24) is 9.88 Å². The van der Waals surface area contributed by atoms with Gasteiger partial charge in [-0.2, -0.15) is 0 Å².